The Kier molecular flexibility index (Phi) is 3.09. The third-order valence-electron chi connectivity index (χ3n) is 1.87. The van der Waals surface area contributed by atoms with E-state index in [2.05, 4.69) is 9.97 Å². The molecule has 0 unspecified atom stereocenters. The lowest BCUT2D eigenvalue weighted by Gasteiger charge is -2.02. The number of benzene rings is 1. The Bertz CT molecular complexity index is 447. The van der Waals surface area contributed by atoms with Crippen LogP contribution in [0, 0.1) is 0 Å². The van der Waals surface area contributed by atoms with Crippen LogP contribution in [0.15, 0.2) is 24.5 Å². The first-order chi connectivity index (χ1) is 6.31. The predicted molar refractivity (Wildman–Crippen MR) is 57.8 cm³/mol. The van der Waals surface area contributed by atoms with Crippen LogP contribution in [0.4, 0.5) is 5.82 Å². The van der Waals surface area contributed by atoms with Crippen LogP contribution in [-0.2, 0) is 0 Å². The number of hydrogen-bond donors (Lipinski definition) is 1. The first-order valence-electron chi connectivity index (χ1n) is 3.85. The molecule has 14 heavy (non-hydrogen) atoms. The van der Waals surface area contributed by atoms with Gasteiger partial charge in [-0.2, -0.15) is 0 Å². The topological polar surface area (TPSA) is 61.0 Å². The molecule has 2 N–H and O–H groups in total. The van der Waals surface area contributed by atoms with Crippen molar-refractivity contribution < 1.29 is 4.74 Å². The van der Waals surface area contributed by atoms with Crippen LogP contribution in [0.1, 0.15) is 0 Å². The van der Waals surface area contributed by atoms with Crippen LogP contribution in [0.3, 0.4) is 0 Å². The van der Waals surface area contributed by atoms with E-state index in [9.17, 15) is 0 Å². The molecule has 0 amide bonds. The number of ether oxygens (including phenoxy) is 1. The van der Waals surface area contributed by atoms with E-state index in [0.29, 0.717) is 5.82 Å². The van der Waals surface area contributed by atoms with Crippen molar-refractivity contribution in [2.75, 3.05) is 12.8 Å². The first kappa shape index (κ1) is 10.5. The molecule has 2 rings (SSSR count). The first-order valence-corrected chi connectivity index (χ1v) is 3.85. The van der Waals surface area contributed by atoms with Gasteiger partial charge in [0.1, 0.15) is 17.9 Å². The number of nitrogens with zero attached hydrogens (tertiary/aromatic N) is 2. The molecule has 4 nitrogen and oxygen atoms in total. The lowest BCUT2D eigenvalue weighted by molar-refractivity contribution is 0.415. The summed E-state index contributed by atoms with van der Waals surface area (Å²) in [6, 6.07) is 5.51. The molecule has 0 fully saturated rings. The maximum absolute atomic E-state index is 5.66. The molecule has 0 saturated heterocycles. The van der Waals surface area contributed by atoms with Gasteiger partial charge in [0.15, 0.2) is 0 Å². The van der Waals surface area contributed by atoms with Gasteiger partial charge >= 0.3 is 0 Å². The van der Waals surface area contributed by atoms with Crippen molar-refractivity contribution in [3.63, 3.8) is 0 Å². The summed E-state index contributed by atoms with van der Waals surface area (Å²) < 4.78 is 5.06. The number of rotatable bonds is 1. The molecule has 0 saturated carbocycles. The maximum atomic E-state index is 5.66. The number of aromatic nitrogens is 2. The summed E-state index contributed by atoms with van der Waals surface area (Å²) in [5.41, 5.74) is 6.45. The lowest BCUT2D eigenvalue weighted by Crippen LogP contribution is -1.93. The highest BCUT2D eigenvalue weighted by Gasteiger charge is 2.00. The molecule has 0 bridgehead atoms. The Morgan fingerprint density at radius 1 is 1.29 bits per heavy atom. The van der Waals surface area contributed by atoms with Crippen LogP contribution < -0.4 is 10.5 Å². The van der Waals surface area contributed by atoms with Gasteiger partial charge in [-0.15, -0.1) is 12.4 Å². The van der Waals surface area contributed by atoms with Crippen molar-refractivity contribution in [1.82, 2.24) is 9.97 Å². The van der Waals surface area contributed by atoms with E-state index in [1.807, 2.05) is 18.2 Å². The van der Waals surface area contributed by atoms with Gasteiger partial charge in [-0.25, -0.2) is 9.97 Å². The van der Waals surface area contributed by atoms with Gasteiger partial charge in [0, 0.05) is 11.5 Å². The zero-order valence-corrected chi connectivity index (χ0v) is 8.41. The van der Waals surface area contributed by atoms with Gasteiger partial charge in [0.05, 0.1) is 12.6 Å². The quantitative estimate of drug-likeness (QED) is 0.779. The molecule has 0 spiro atoms. The minimum absolute atomic E-state index is 0. The highest BCUT2D eigenvalue weighted by atomic mass is 35.5. The molecule has 0 radical (unpaired) electrons. The number of anilines is 1. The highest BCUT2D eigenvalue weighted by Crippen LogP contribution is 2.21. The number of fused-ring (bicyclic) bond motifs is 1. The average Bonchev–Trinajstić information content (AvgIpc) is 2.18. The van der Waals surface area contributed by atoms with E-state index in [1.54, 1.807) is 7.11 Å². The summed E-state index contributed by atoms with van der Waals surface area (Å²) >= 11 is 0. The second kappa shape index (κ2) is 4.11. The fourth-order valence-corrected chi connectivity index (χ4v) is 1.18. The fourth-order valence-electron chi connectivity index (χ4n) is 1.18. The molecule has 2 aromatic rings. The predicted octanol–water partition coefficient (Wildman–Crippen LogP) is 1.64. The van der Waals surface area contributed by atoms with E-state index in [-0.39, 0.29) is 12.4 Å². The molecule has 0 aliphatic heterocycles. The monoisotopic (exact) mass is 211 g/mol. The van der Waals surface area contributed by atoms with Crippen molar-refractivity contribution in [1.29, 1.82) is 0 Å². The number of nitrogens with two attached hydrogens (primary N) is 1. The molecule has 5 heteroatoms. The zero-order chi connectivity index (χ0) is 9.26. The van der Waals surface area contributed by atoms with Gasteiger partial charge in [-0.1, -0.05) is 0 Å². The summed E-state index contributed by atoms with van der Waals surface area (Å²) in [5.74, 6) is 1.26. The Hall–Kier alpha value is -1.55. The van der Waals surface area contributed by atoms with E-state index in [1.165, 1.54) is 6.33 Å². The van der Waals surface area contributed by atoms with E-state index in [4.69, 9.17) is 10.5 Å². The number of hydrogen-bond acceptors (Lipinski definition) is 4. The minimum atomic E-state index is 0. The van der Waals surface area contributed by atoms with Gasteiger partial charge in [0.2, 0.25) is 0 Å². The molecule has 1 heterocycles. The second-order valence-corrected chi connectivity index (χ2v) is 2.64. The Labute approximate surface area is 87.5 Å². The molecule has 1 aromatic heterocycles. The third kappa shape index (κ3) is 1.70. The molecule has 0 aliphatic rings. The maximum Gasteiger partial charge on any atom is 0.134 e. The SMILES string of the molecule is COc1ccc2c(N)ncnc2c1.Cl. The fraction of sp³-hybridized carbons (Fsp3) is 0.111. The van der Waals surface area contributed by atoms with Crippen molar-refractivity contribution in [2.45, 2.75) is 0 Å². The van der Waals surface area contributed by atoms with Crippen molar-refractivity contribution >= 4 is 29.1 Å². The van der Waals surface area contributed by atoms with Crippen LogP contribution in [0.25, 0.3) is 10.9 Å². The molecular weight excluding hydrogens is 202 g/mol. The van der Waals surface area contributed by atoms with Crippen molar-refractivity contribution in [3.8, 4) is 5.75 Å². The van der Waals surface area contributed by atoms with Gasteiger partial charge < -0.3 is 10.5 Å². The van der Waals surface area contributed by atoms with E-state index >= 15 is 0 Å². The lowest BCUT2D eigenvalue weighted by atomic mass is 10.2. The zero-order valence-electron chi connectivity index (χ0n) is 7.60. The third-order valence-corrected chi connectivity index (χ3v) is 1.87. The average molecular weight is 212 g/mol. The molecule has 74 valence electrons. The van der Waals surface area contributed by atoms with Crippen molar-refractivity contribution in [3.05, 3.63) is 24.5 Å². The summed E-state index contributed by atoms with van der Waals surface area (Å²) in [5, 5.41) is 0.850. The van der Waals surface area contributed by atoms with Crippen LogP contribution in [0.5, 0.6) is 5.75 Å². The van der Waals surface area contributed by atoms with Crippen LogP contribution >= 0.6 is 12.4 Å². The van der Waals surface area contributed by atoms with Crippen LogP contribution in [-0.4, -0.2) is 17.1 Å². The largest absolute Gasteiger partial charge is 0.497 e. The smallest absolute Gasteiger partial charge is 0.134 e. The van der Waals surface area contributed by atoms with Gasteiger partial charge in [-0.3, -0.25) is 0 Å². The van der Waals surface area contributed by atoms with E-state index in [0.717, 1.165) is 16.7 Å². The van der Waals surface area contributed by atoms with Gasteiger partial charge in [-0.05, 0) is 12.1 Å². The van der Waals surface area contributed by atoms with E-state index < -0.39 is 0 Å². The molecule has 1 aromatic carbocycles. The second-order valence-electron chi connectivity index (χ2n) is 2.64. The van der Waals surface area contributed by atoms with Crippen molar-refractivity contribution in [2.24, 2.45) is 0 Å². The highest BCUT2D eigenvalue weighted by molar-refractivity contribution is 5.88. The normalized spacial score (nSPS) is 9.50. The standard InChI is InChI=1S/C9H9N3O.ClH/c1-13-6-2-3-7-8(4-6)11-5-12-9(7)10;/h2-5H,1H3,(H2,10,11,12);1H. The number of methoxy groups -OCH3 is 1. The Morgan fingerprint density at radius 3 is 2.79 bits per heavy atom. The Morgan fingerprint density at radius 2 is 2.07 bits per heavy atom. The summed E-state index contributed by atoms with van der Waals surface area (Å²) in [6.07, 6.45) is 1.44. The summed E-state index contributed by atoms with van der Waals surface area (Å²) in [6.45, 7) is 0. The molecular formula is C9H10ClN3O. The number of halogens is 1. The number of nitrogen functional groups attached to an aromatic ring is 1. The van der Waals surface area contributed by atoms with Crippen LogP contribution in [0.2, 0.25) is 0 Å². The molecule has 0 aliphatic carbocycles. The minimum Gasteiger partial charge on any atom is -0.497 e. The summed E-state index contributed by atoms with van der Waals surface area (Å²) in [4.78, 5) is 7.97. The Balaban J connectivity index is 0.000000980. The van der Waals surface area contributed by atoms with Gasteiger partial charge in [0.25, 0.3) is 0 Å². The molecule has 0 atom stereocenters. The summed E-state index contributed by atoms with van der Waals surface area (Å²) in [7, 11) is 1.62.